The molecule has 4 nitrogen and oxygen atoms in total. The van der Waals surface area contributed by atoms with E-state index in [0.29, 0.717) is 16.2 Å². The molecule has 0 fully saturated rings. The first-order chi connectivity index (χ1) is 9.47. The largest absolute Gasteiger partial charge is 0.478 e. The van der Waals surface area contributed by atoms with Gasteiger partial charge in [-0.1, -0.05) is 6.07 Å². The molecule has 2 aromatic rings. The number of benzene rings is 1. The standard InChI is InChI=1S/C14H12BrNO3S/c1-9-2-5-12(6-13(9)14(17)18)20(19)8-11-4-3-10(15)7-16-11/h2-7H,8H2,1H3,(H,17,18). The maximum absolute atomic E-state index is 12.3. The van der Waals surface area contributed by atoms with Gasteiger partial charge in [-0.05, 0) is 52.7 Å². The molecule has 0 bridgehead atoms. The van der Waals surface area contributed by atoms with Crippen LogP contribution in [0.4, 0.5) is 0 Å². The average molecular weight is 354 g/mol. The minimum absolute atomic E-state index is 0.180. The highest BCUT2D eigenvalue weighted by Gasteiger charge is 2.12. The zero-order chi connectivity index (χ0) is 14.7. The van der Waals surface area contributed by atoms with Crippen molar-refractivity contribution in [2.45, 2.75) is 17.6 Å². The van der Waals surface area contributed by atoms with Gasteiger partial charge >= 0.3 is 5.97 Å². The molecule has 0 aliphatic rings. The third-order valence-corrected chi connectivity index (χ3v) is 4.58. The van der Waals surface area contributed by atoms with E-state index < -0.39 is 16.8 Å². The van der Waals surface area contributed by atoms with Gasteiger partial charge in [0.05, 0.1) is 27.8 Å². The number of hydrogen-bond acceptors (Lipinski definition) is 3. The molecule has 20 heavy (non-hydrogen) atoms. The molecule has 1 heterocycles. The van der Waals surface area contributed by atoms with Gasteiger partial charge in [-0.15, -0.1) is 0 Å². The Kier molecular flexibility index (Phi) is 4.67. The van der Waals surface area contributed by atoms with Crippen molar-refractivity contribution in [2.75, 3.05) is 0 Å². The van der Waals surface area contributed by atoms with E-state index in [-0.39, 0.29) is 11.3 Å². The van der Waals surface area contributed by atoms with E-state index in [1.807, 2.05) is 6.07 Å². The zero-order valence-corrected chi connectivity index (χ0v) is 13.1. The number of hydrogen-bond donors (Lipinski definition) is 1. The van der Waals surface area contributed by atoms with Gasteiger partial charge < -0.3 is 5.11 Å². The van der Waals surface area contributed by atoms with Crippen molar-refractivity contribution in [2.24, 2.45) is 0 Å². The molecule has 0 amide bonds. The second-order valence-corrected chi connectivity index (χ2v) is 6.61. The van der Waals surface area contributed by atoms with E-state index >= 15 is 0 Å². The average Bonchev–Trinajstić information content (AvgIpc) is 2.41. The third kappa shape index (κ3) is 3.52. The monoisotopic (exact) mass is 353 g/mol. The lowest BCUT2D eigenvalue weighted by Gasteiger charge is -2.06. The highest BCUT2D eigenvalue weighted by atomic mass is 79.9. The number of aromatic nitrogens is 1. The van der Waals surface area contributed by atoms with Crippen molar-refractivity contribution in [3.63, 3.8) is 0 Å². The lowest BCUT2D eigenvalue weighted by Crippen LogP contribution is -2.04. The highest BCUT2D eigenvalue weighted by molar-refractivity contribution is 9.10. The second kappa shape index (κ2) is 6.28. The summed E-state index contributed by atoms with van der Waals surface area (Å²) in [4.78, 5) is 15.7. The summed E-state index contributed by atoms with van der Waals surface area (Å²) in [7, 11) is -1.32. The quantitative estimate of drug-likeness (QED) is 0.916. The summed E-state index contributed by atoms with van der Waals surface area (Å²) < 4.78 is 13.1. The first-order valence-corrected chi connectivity index (χ1v) is 7.91. The van der Waals surface area contributed by atoms with Gasteiger partial charge in [-0.2, -0.15) is 0 Å². The van der Waals surface area contributed by atoms with Gasteiger partial charge in [0.1, 0.15) is 0 Å². The van der Waals surface area contributed by atoms with Crippen LogP contribution >= 0.6 is 15.9 Å². The summed E-state index contributed by atoms with van der Waals surface area (Å²) in [6, 6.07) is 8.45. The molecule has 1 aromatic heterocycles. The number of nitrogens with zero attached hydrogens (tertiary/aromatic N) is 1. The Balaban J connectivity index is 2.23. The number of aromatic carboxylic acids is 1. The lowest BCUT2D eigenvalue weighted by atomic mass is 10.1. The van der Waals surface area contributed by atoms with E-state index in [1.54, 1.807) is 31.3 Å². The molecule has 0 aliphatic heterocycles. The summed E-state index contributed by atoms with van der Waals surface area (Å²) >= 11 is 3.29. The minimum atomic E-state index is -1.32. The number of aryl methyl sites for hydroxylation is 1. The molecule has 1 atom stereocenters. The summed E-state index contributed by atoms with van der Waals surface area (Å²) in [5.41, 5.74) is 1.53. The van der Waals surface area contributed by atoms with Gasteiger partial charge in [0.15, 0.2) is 0 Å². The Morgan fingerprint density at radius 2 is 2.10 bits per heavy atom. The topological polar surface area (TPSA) is 67.3 Å². The second-order valence-electron chi connectivity index (χ2n) is 4.24. The SMILES string of the molecule is Cc1ccc(S(=O)Cc2ccc(Br)cn2)cc1C(=O)O. The van der Waals surface area contributed by atoms with Gasteiger partial charge in [-0.25, -0.2) is 4.79 Å². The van der Waals surface area contributed by atoms with E-state index in [2.05, 4.69) is 20.9 Å². The number of carboxylic acids is 1. The van der Waals surface area contributed by atoms with E-state index in [9.17, 15) is 9.00 Å². The van der Waals surface area contributed by atoms with Crippen LogP contribution in [0.1, 0.15) is 21.6 Å². The van der Waals surface area contributed by atoms with Crippen molar-refractivity contribution < 1.29 is 14.1 Å². The van der Waals surface area contributed by atoms with Crippen molar-refractivity contribution >= 4 is 32.7 Å². The molecule has 1 unspecified atom stereocenters. The fourth-order valence-corrected chi connectivity index (χ4v) is 2.99. The van der Waals surface area contributed by atoms with Crippen LogP contribution in [-0.4, -0.2) is 20.3 Å². The molecule has 0 saturated carbocycles. The maximum Gasteiger partial charge on any atom is 0.335 e. The molecule has 2 rings (SSSR count). The molecule has 0 aliphatic carbocycles. The summed E-state index contributed by atoms with van der Waals surface area (Å²) in [5.74, 6) is -0.752. The maximum atomic E-state index is 12.3. The smallest absolute Gasteiger partial charge is 0.335 e. The van der Waals surface area contributed by atoms with Crippen molar-refractivity contribution in [3.8, 4) is 0 Å². The number of carboxylic acid groups (broad SMARTS) is 1. The zero-order valence-electron chi connectivity index (χ0n) is 10.7. The fourth-order valence-electron chi connectivity index (χ4n) is 1.68. The number of rotatable bonds is 4. The lowest BCUT2D eigenvalue weighted by molar-refractivity contribution is 0.0696. The van der Waals surface area contributed by atoms with Gasteiger partial charge in [-0.3, -0.25) is 9.19 Å². The van der Waals surface area contributed by atoms with E-state index in [0.717, 1.165) is 4.47 Å². The molecule has 104 valence electrons. The Hall–Kier alpha value is -1.53. The van der Waals surface area contributed by atoms with Gasteiger partial charge in [0.25, 0.3) is 0 Å². The predicted molar refractivity (Wildman–Crippen MR) is 80.2 cm³/mol. The van der Waals surface area contributed by atoms with Crippen LogP contribution in [-0.2, 0) is 16.6 Å². The van der Waals surface area contributed by atoms with Crippen LogP contribution < -0.4 is 0 Å². The summed E-state index contributed by atoms with van der Waals surface area (Å²) in [5, 5.41) is 9.08. The van der Waals surface area contributed by atoms with Gasteiger partial charge in [0.2, 0.25) is 0 Å². The molecule has 1 N–H and O–H groups in total. The molecular formula is C14H12BrNO3S. The van der Waals surface area contributed by atoms with Crippen LogP contribution in [0.5, 0.6) is 0 Å². The van der Waals surface area contributed by atoms with Crippen molar-refractivity contribution in [1.29, 1.82) is 0 Å². The molecule has 0 spiro atoms. The fraction of sp³-hybridized carbons (Fsp3) is 0.143. The Labute approximate surface area is 127 Å². The van der Waals surface area contributed by atoms with E-state index in [1.165, 1.54) is 6.07 Å². The van der Waals surface area contributed by atoms with Crippen LogP contribution in [0.2, 0.25) is 0 Å². The Morgan fingerprint density at radius 1 is 1.35 bits per heavy atom. The minimum Gasteiger partial charge on any atom is -0.478 e. The number of carbonyl (C=O) groups is 1. The van der Waals surface area contributed by atoms with Crippen molar-refractivity contribution in [1.82, 2.24) is 4.98 Å². The normalized spacial score (nSPS) is 12.1. The molecule has 0 radical (unpaired) electrons. The number of pyridine rings is 1. The summed E-state index contributed by atoms with van der Waals surface area (Å²) in [6.45, 7) is 1.71. The highest BCUT2D eigenvalue weighted by Crippen LogP contribution is 2.17. The van der Waals surface area contributed by atoms with E-state index in [4.69, 9.17) is 5.11 Å². The van der Waals surface area contributed by atoms with Crippen LogP contribution in [0.25, 0.3) is 0 Å². The summed E-state index contributed by atoms with van der Waals surface area (Å²) in [6.07, 6.45) is 1.64. The molecule has 6 heteroatoms. The molecule has 0 saturated heterocycles. The first kappa shape index (κ1) is 14.9. The third-order valence-electron chi connectivity index (χ3n) is 2.77. The predicted octanol–water partition coefficient (Wildman–Crippen LogP) is 3.16. The first-order valence-electron chi connectivity index (χ1n) is 5.80. The van der Waals surface area contributed by atoms with Crippen molar-refractivity contribution in [3.05, 3.63) is 57.8 Å². The molecular weight excluding hydrogens is 342 g/mol. The molecule has 1 aromatic carbocycles. The van der Waals surface area contributed by atoms with Gasteiger partial charge in [0, 0.05) is 15.6 Å². The Bertz CT molecular complexity index is 671. The van der Waals surface area contributed by atoms with Crippen LogP contribution in [0.3, 0.4) is 0 Å². The van der Waals surface area contributed by atoms with Crippen LogP contribution in [0.15, 0.2) is 45.9 Å². The van der Waals surface area contributed by atoms with Crippen LogP contribution in [0, 0.1) is 6.92 Å². The number of halogens is 1. The Morgan fingerprint density at radius 3 is 2.70 bits per heavy atom.